The number of hydrogen-bond acceptors (Lipinski definition) is 4. The highest BCUT2D eigenvalue weighted by molar-refractivity contribution is 6.05. The van der Waals surface area contributed by atoms with E-state index in [2.05, 4.69) is 15.5 Å². The summed E-state index contributed by atoms with van der Waals surface area (Å²) in [4.78, 5) is 25.6. The summed E-state index contributed by atoms with van der Waals surface area (Å²) < 4.78 is 38.1. The summed E-state index contributed by atoms with van der Waals surface area (Å²) in [5.41, 5.74) is 6.01. The third-order valence-corrected chi connectivity index (χ3v) is 4.22. The van der Waals surface area contributed by atoms with E-state index in [9.17, 15) is 22.8 Å². The number of carbonyl (C=O) groups is 2. The van der Waals surface area contributed by atoms with E-state index in [1.165, 1.54) is 6.92 Å². The van der Waals surface area contributed by atoms with Gasteiger partial charge < -0.3 is 16.0 Å². The van der Waals surface area contributed by atoms with Gasteiger partial charge in [0.2, 0.25) is 5.91 Å². The molecule has 0 atom stereocenters. The number of halogens is 3. The number of H-pyrrole nitrogens is 1. The van der Waals surface area contributed by atoms with Crippen LogP contribution in [0.3, 0.4) is 0 Å². The first kappa shape index (κ1) is 17.8. The minimum absolute atomic E-state index is 0.0546. The van der Waals surface area contributed by atoms with Gasteiger partial charge in [0.1, 0.15) is 0 Å². The van der Waals surface area contributed by atoms with E-state index >= 15 is 0 Å². The van der Waals surface area contributed by atoms with E-state index in [0.29, 0.717) is 18.5 Å². The largest absolute Gasteiger partial charge is 0.416 e. The van der Waals surface area contributed by atoms with Crippen LogP contribution in [0.2, 0.25) is 0 Å². The molecule has 2 aromatic rings. The third-order valence-electron chi connectivity index (χ3n) is 4.22. The van der Waals surface area contributed by atoms with Gasteiger partial charge in [-0.3, -0.25) is 14.7 Å². The zero-order chi connectivity index (χ0) is 19.1. The maximum Gasteiger partial charge on any atom is 0.416 e. The topological polar surface area (TPSA) is 104 Å². The monoisotopic (exact) mass is 367 g/mol. The molecular weight excluding hydrogens is 351 g/mol. The second-order valence-corrected chi connectivity index (χ2v) is 5.97. The van der Waals surface area contributed by atoms with Gasteiger partial charge in [-0.1, -0.05) is 0 Å². The van der Waals surface area contributed by atoms with Crippen LogP contribution in [-0.2, 0) is 23.9 Å². The quantitative estimate of drug-likeness (QED) is 0.708. The highest BCUT2D eigenvalue weighted by Gasteiger charge is 2.31. The van der Waals surface area contributed by atoms with Crippen molar-refractivity contribution in [2.24, 2.45) is 0 Å². The molecule has 0 spiro atoms. The zero-order valence-electron chi connectivity index (χ0n) is 13.8. The first-order valence-corrected chi connectivity index (χ1v) is 7.76. The van der Waals surface area contributed by atoms with Crippen molar-refractivity contribution in [3.05, 3.63) is 40.7 Å². The summed E-state index contributed by atoms with van der Waals surface area (Å²) in [6.07, 6.45) is -3.98. The smallest absolute Gasteiger partial charge is 0.397 e. The van der Waals surface area contributed by atoms with Gasteiger partial charge in [0.05, 0.1) is 16.9 Å². The van der Waals surface area contributed by atoms with Crippen LogP contribution in [0, 0.1) is 0 Å². The molecule has 0 saturated heterocycles. The molecule has 10 heteroatoms. The number of amides is 2. The summed E-state index contributed by atoms with van der Waals surface area (Å²) in [7, 11) is 0. The zero-order valence-corrected chi connectivity index (χ0v) is 13.8. The third kappa shape index (κ3) is 3.35. The number of fused-ring (bicyclic) bond motifs is 1. The van der Waals surface area contributed by atoms with E-state index < -0.39 is 17.6 Å². The van der Waals surface area contributed by atoms with Crippen molar-refractivity contribution in [2.45, 2.75) is 26.1 Å². The normalized spacial score (nSPS) is 14.1. The Bertz CT molecular complexity index is 875. The van der Waals surface area contributed by atoms with E-state index in [1.54, 1.807) is 4.90 Å². The summed E-state index contributed by atoms with van der Waals surface area (Å²) in [5.74, 6) is -0.727. The molecule has 1 aliphatic rings. The number of rotatable bonds is 2. The average molecular weight is 367 g/mol. The van der Waals surface area contributed by atoms with Crippen molar-refractivity contribution in [3.63, 3.8) is 0 Å². The number of nitrogens with zero attached hydrogens (tertiary/aromatic N) is 2. The van der Waals surface area contributed by atoms with Gasteiger partial charge in [-0.15, -0.1) is 0 Å². The number of carbonyl (C=O) groups excluding carboxylic acids is 2. The Kier molecular flexibility index (Phi) is 4.34. The molecule has 2 heterocycles. The highest BCUT2D eigenvalue weighted by atomic mass is 19.4. The molecule has 3 rings (SSSR count). The molecule has 26 heavy (non-hydrogen) atoms. The van der Waals surface area contributed by atoms with Gasteiger partial charge in [-0.05, 0) is 18.2 Å². The number of benzene rings is 1. The Morgan fingerprint density at radius 3 is 2.69 bits per heavy atom. The number of nitrogens with one attached hydrogen (secondary N) is 2. The summed E-state index contributed by atoms with van der Waals surface area (Å²) in [6.45, 7) is 2.21. The second kappa shape index (κ2) is 6.36. The Labute approximate surface area is 146 Å². The molecule has 0 unspecified atom stereocenters. The summed E-state index contributed by atoms with van der Waals surface area (Å²) in [6, 6.07) is 2.69. The number of anilines is 2. The second-order valence-electron chi connectivity index (χ2n) is 5.97. The molecular formula is C16H16F3N5O2. The van der Waals surface area contributed by atoms with Crippen molar-refractivity contribution in [2.75, 3.05) is 17.6 Å². The van der Waals surface area contributed by atoms with E-state index in [4.69, 9.17) is 5.73 Å². The van der Waals surface area contributed by atoms with Gasteiger partial charge in [0.25, 0.3) is 5.91 Å². The Morgan fingerprint density at radius 2 is 2.08 bits per heavy atom. The summed E-state index contributed by atoms with van der Waals surface area (Å²) >= 11 is 0. The Hall–Kier alpha value is -3.04. The molecule has 138 valence electrons. The lowest BCUT2D eigenvalue weighted by atomic mass is 10.0. The van der Waals surface area contributed by atoms with Gasteiger partial charge in [0.15, 0.2) is 5.69 Å². The van der Waals surface area contributed by atoms with Crippen LogP contribution >= 0.6 is 0 Å². The van der Waals surface area contributed by atoms with Crippen LogP contribution in [0.25, 0.3) is 0 Å². The average Bonchev–Trinajstić information content (AvgIpc) is 2.98. The predicted octanol–water partition coefficient (Wildman–Crippen LogP) is 2.17. The standard InChI is InChI=1S/C16H16F3N5O2/c1-8(25)24-5-4-12-10(7-24)14(23-22-12)15(26)21-13-3-2-9(6-11(13)20)16(17,18)19/h2-3,6H,4-5,7,20H2,1H3,(H,21,26)(H,22,23). The molecule has 1 aromatic heterocycles. The Balaban J connectivity index is 1.82. The fourth-order valence-electron chi connectivity index (χ4n) is 2.79. The lowest BCUT2D eigenvalue weighted by Crippen LogP contribution is -2.34. The van der Waals surface area contributed by atoms with Gasteiger partial charge in [-0.25, -0.2) is 0 Å². The minimum atomic E-state index is -4.52. The van der Waals surface area contributed by atoms with Crippen LogP contribution in [0.15, 0.2) is 18.2 Å². The van der Waals surface area contributed by atoms with Crippen LogP contribution < -0.4 is 11.1 Å². The van der Waals surface area contributed by atoms with Crippen LogP contribution in [0.5, 0.6) is 0 Å². The van der Waals surface area contributed by atoms with Crippen molar-refractivity contribution in [3.8, 4) is 0 Å². The maximum atomic E-state index is 12.7. The van der Waals surface area contributed by atoms with Crippen molar-refractivity contribution in [1.82, 2.24) is 15.1 Å². The number of aromatic amines is 1. The minimum Gasteiger partial charge on any atom is -0.397 e. The Morgan fingerprint density at radius 1 is 1.35 bits per heavy atom. The molecule has 0 radical (unpaired) electrons. The fraction of sp³-hybridized carbons (Fsp3) is 0.312. The first-order chi connectivity index (χ1) is 12.2. The first-order valence-electron chi connectivity index (χ1n) is 7.76. The number of hydrogen-bond donors (Lipinski definition) is 3. The number of aromatic nitrogens is 2. The fourth-order valence-corrected chi connectivity index (χ4v) is 2.79. The SMILES string of the molecule is CC(=O)N1CCc2[nH]nc(C(=O)Nc3ccc(C(F)(F)F)cc3N)c2C1. The molecule has 4 N–H and O–H groups in total. The molecule has 1 aromatic carbocycles. The number of alkyl halides is 3. The molecule has 2 amide bonds. The van der Waals surface area contributed by atoms with Gasteiger partial charge >= 0.3 is 6.18 Å². The van der Waals surface area contributed by atoms with Crippen molar-refractivity contribution < 1.29 is 22.8 Å². The van der Waals surface area contributed by atoms with Crippen LogP contribution in [-0.4, -0.2) is 33.5 Å². The van der Waals surface area contributed by atoms with Crippen LogP contribution in [0.4, 0.5) is 24.5 Å². The molecule has 0 fully saturated rings. The molecule has 0 aliphatic carbocycles. The molecule has 7 nitrogen and oxygen atoms in total. The lowest BCUT2D eigenvalue weighted by Gasteiger charge is -2.25. The maximum absolute atomic E-state index is 12.7. The van der Waals surface area contributed by atoms with Gasteiger partial charge in [0, 0.05) is 37.7 Å². The van der Waals surface area contributed by atoms with E-state index in [0.717, 1.165) is 23.9 Å². The van der Waals surface area contributed by atoms with E-state index in [-0.39, 0.29) is 29.5 Å². The molecule has 1 aliphatic heterocycles. The molecule has 0 saturated carbocycles. The lowest BCUT2D eigenvalue weighted by molar-refractivity contribution is -0.137. The number of nitrogen functional groups attached to an aromatic ring is 1. The van der Waals surface area contributed by atoms with E-state index in [1.807, 2.05) is 0 Å². The predicted molar refractivity (Wildman–Crippen MR) is 87.2 cm³/mol. The van der Waals surface area contributed by atoms with Crippen molar-refractivity contribution >= 4 is 23.2 Å². The highest BCUT2D eigenvalue weighted by Crippen LogP contribution is 2.33. The van der Waals surface area contributed by atoms with Gasteiger partial charge in [-0.2, -0.15) is 18.3 Å². The number of nitrogens with two attached hydrogens (primary N) is 1. The van der Waals surface area contributed by atoms with Crippen LogP contribution in [0.1, 0.15) is 34.2 Å². The van der Waals surface area contributed by atoms with Crippen molar-refractivity contribution in [1.29, 1.82) is 0 Å². The summed E-state index contributed by atoms with van der Waals surface area (Å²) in [5, 5.41) is 9.21. The molecule has 0 bridgehead atoms.